The minimum atomic E-state index is -0.383. The Kier molecular flexibility index (Phi) is 4.25. The Hall–Kier alpha value is -1.06. The van der Waals surface area contributed by atoms with Gasteiger partial charge in [0.05, 0.1) is 6.10 Å². The van der Waals surface area contributed by atoms with Crippen molar-refractivity contribution >= 4 is 5.69 Å². The van der Waals surface area contributed by atoms with Crippen LogP contribution in [-0.4, -0.2) is 42.7 Å². The summed E-state index contributed by atoms with van der Waals surface area (Å²) in [4.78, 5) is 4.87. The van der Waals surface area contributed by atoms with E-state index in [1.165, 1.54) is 18.7 Å². The Labute approximate surface area is 110 Å². The fourth-order valence-corrected chi connectivity index (χ4v) is 2.70. The maximum absolute atomic E-state index is 9.54. The summed E-state index contributed by atoms with van der Waals surface area (Å²) in [5, 5.41) is 9.54. The van der Waals surface area contributed by atoms with Gasteiger partial charge in [-0.3, -0.25) is 0 Å². The molecule has 0 aromatic heterocycles. The molecule has 1 fully saturated rings. The Morgan fingerprint density at radius 1 is 1.22 bits per heavy atom. The smallest absolute Gasteiger partial charge is 0.0761 e. The van der Waals surface area contributed by atoms with E-state index in [9.17, 15) is 5.11 Å². The van der Waals surface area contributed by atoms with Crippen molar-refractivity contribution in [1.29, 1.82) is 0 Å². The lowest BCUT2D eigenvalue weighted by Crippen LogP contribution is -2.37. The summed E-state index contributed by atoms with van der Waals surface area (Å²) in [6.45, 7) is 7.48. The van der Waals surface area contributed by atoms with Crippen molar-refractivity contribution in [3.8, 4) is 0 Å². The monoisotopic (exact) mass is 248 g/mol. The van der Waals surface area contributed by atoms with E-state index in [2.05, 4.69) is 35.9 Å². The molecule has 0 radical (unpaired) electrons. The van der Waals surface area contributed by atoms with Crippen LogP contribution in [0.5, 0.6) is 0 Å². The molecule has 1 aromatic carbocycles. The summed E-state index contributed by atoms with van der Waals surface area (Å²) in [5.74, 6) is 0. The van der Waals surface area contributed by atoms with Gasteiger partial charge in [-0.2, -0.15) is 0 Å². The summed E-state index contributed by atoms with van der Waals surface area (Å²) in [5.41, 5.74) is 2.25. The van der Waals surface area contributed by atoms with Crippen molar-refractivity contribution in [2.45, 2.75) is 32.4 Å². The molecule has 0 bridgehead atoms. The van der Waals surface area contributed by atoms with E-state index < -0.39 is 0 Å². The Bertz CT molecular complexity index is 375. The minimum absolute atomic E-state index is 0.383. The van der Waals surface area contributed by atoms with Crippen LogP contribution >= 0.6 is 0 Å². The molecular formula is C15H24N2O. The third-order valence-electron chi connectivity index (χ3n) is 3.75. The van der Waals surface area contributed by atoms with Gasteiger partial charge >= 0.3 is 0 Å². The number of nitrogens with zero attached hydrogens (tertiary/aromatic N) is 2. The number of hydrogen-bond donors (Lipinski definition) is 1. The predicted octanol–water partition coefficient (Wildman–Crippen LogP) is 2.27. The third-order valence-corrected chi connectivity index (χ3v) is 3.75. The molecule has 1 aliphatic rings. The van der Waals surface area contributed by atoms with Gasteiger partial charge in [-0.1, -0.05) is 12.1 Å². The number of likely N-dealkylation sites (N-methyl/N-ethyl adjacent to an activating group) is 1. The number of aliphatic hydroxyl groups is 1. The third kappa shape index (κ3) is 3.03. The number of anilines is 1. The normalized spacial score (nSPS) is 23.8. The van der Waals surface area contributed by atoms with Crippen molar-refractivity contribution in [3.63, 3.8) is 0 Å². The van der Waals surface area contributed by atoms with Crippen molar-refractivity contribution < 1.29 is 5.11 Å². The van der Waals surface area contributed by atoms with Gasteiger partial charge in [0, 0.05) is 24.8 Å². The van der Waals surface area contributed by atoms with Crippen LogP contribution in [0.1, 0.15) is 31.9 Å². The molecule has 0 spiro atoms. The molecule has 3 heteroatoms. The highest BCUT2D eigenvalue weighted by Crippen LogP contribution is 2.22. The van der Waals surface area contributed by atoms with Gasteiger partial charge in [-0.05, 0) is 51.6 Å². The molecular weight excluding hydrogens is 224 g/mol. The van der Waals surface area contributed by atoms with E-state index in [4.69, 9.17) is 0 Å². The van der Waals surface area contributed by atoms with Gasteiger partial charge < -0.3 is 14.9 Å². The molecule has 1 saturated heterocycles. The maximum Gasteiger partial charge on any atom is 0.0761 e. The average molecular weight is 248 g/mol. The Balaban J connectivity index is 2.14. The Morgan fingerprint density at radius 2 is 1.89 bits per heavy atom. The quantitative estimate of drug-likeness (QED) is 0.870. The number of benzene rings is 1. The summed E-state index contributed by atoms with van der Waals surface area (Å²) >= 11 is 0. The maximum atomic E-state index is 9.54. The first-order valence-corrected chi connectivity index (χ1v) is 6.81. The van der Waals surface area contributed by atoms with E-state index in [1.54, 1.807) is 6.92 Å². The second-order valence-corrected chi connectivity index (χ2v) is 5.43. The lowest BCUT2D eigenvalue weighted by Gasteiger charge is -2.30. The van der Waals surface area contributed by atoms with Crippen molar-refractivity contribution in [1.82, 2.24) is 4.90 Å². The van der Waals surface area contributed by atoms with Crippen LogP contribution < -0.4 is 4.90 Å². The summed E-state index contributed by atoms with van der Waals surface area (Å²) in [7, 11) is 2.19. The highest BCUT2D eigenvalue weighted by atomic mass is 16.3. The molecule has 0 aliphatic carbocycles. The first-order chi connectivity index (χ1) is 8.58. The topological polar surface area (TPSA) is 26.7 Å². The van der Waals surface area contributed by atoms with E-state index in [0.717, 1.165) is 18.7 Å². The van der Waals surface area contributed by atoms with Gasteiger partial charge in [-0.25, -0.2) is 0 Å². The molecule has 1 unspecified atom stereocenters. The second kappa shape index (κ2) is 5.72. The van der Waals surface area contributed by atoms with E-state index in [1.807, 2.05) is 12.1 Å². The van der Waals surface area contributed by atoms with Crippen LogP contribution in [0.2, 0.25) is 0 Å². The molecule has 18 heavy (non-hydrogen) atoms. The van der Waals surface area contributed by atoms with Crippen LogP contribution in [0.4, 0.5) is 5.69 Å². The zero-order valence-electron chi connectivity index (χ0n) is 11.6. The van der Waals surface area contributed by atoms with Crippen LogP contribution in [0.3, 0.4) is 0 Å². The van der Waals surface area contributed by atoms with Crippen LogP contribution in [0, 0.1) is 0 Å². The van der Waals surface area contributed by atoms with Crippen molar-refractivity contribution in [2.24, 2.45) is 0 Å². The lowest BCUT2D eigenvalue weighted by molar-refractivity contribution is 0.199. The SMILES string of the molecule is CC1CN(C)CCCN1c1ccc([C@H](C)O)cc1. The highest BCUT2D eigenvalue weighted by molar-refractivity contribution is 5.49. The number of rotatable bonds is 2. The minimum Gasteiger partial charge on any atom is -0.389 e. The first-order valence-electron chi connectivity index (χ1n) is 6.81. The zero-order chi connectivity index (χ0) is 13.1. The molecule has 0 amide bonds. The standard InChI is InChI=1S/C15H24N2O/c1-12-11-16(3)9-4-10-17(12)15-7-5-14(6-8-15)13(2)18/h5-8,12-13,18H,4,9-11H2,1-3H3/t12?,13-/m0/s1. The summed E-state index contributed by atoms with van der Waals surface area (Å²) in [6, 6.07) is 8.85. The molecule has 1 aromatic rings. The molecule has 3 nitrogen and oxygen atoms in total. The van der Waals surface area contributed by atoms with Gasteiger partial charge in [0.15, 0.2) is 0 Å². The largest absolute Gasteiger partial charge is 0.389 e. The fraction of sp³-hybridized carbons (Fsp3) is 0.600. The van der Waals surface area contributed by atoms with Gasteiger partial charge in [0.2, 0.25) is 0 Å². The first kappa shape index (κ1) is 13.4. The van der Waals surface area contributed by atoms with Gasteiger partial charge in [0.25, 0.3) is 0 Å². The second-order valence-electron chi connectivity index (χ2n) is 5.43. The lowest BCUT2D eigenvalue weighted by atomic mass is 10.1. The van der Waals surface area contributed by atoms with E-state index in [0.29, 0.717) is 6.04 Å². The predicted molar refractivity (Wildman–Crippen MR) is 76.0 cm³/mol. The highest BCUT2D eigenvalue weighted by Gasteiger charge is 2.19. The van der Waals surface area contributed by atoms with Crippen LogP contribution in [0.15, 0.2) is 24.3 Å². The summed E-state index contributed by atoms with van der Waals surface area (Å²) < 4.78 is 0. The molecule has 1 N–H and O–H groups in total. The molecule has 2 rings (SSSR count). The van der Waals surface area contributed by atoms with Crippen LogP contribution in [0.25, 0.3) is 0 Å². The molecule has 2 atom stereocenters. The van der Waals surface area contributed by atoms with Gasteiger partial charge in [0.1, 0.15) is 0 Å². The Morgan fingerprint density at radius 3 is 2.50 bits per heavy atom. The zero-order valence-corrected chi connectivity index (χ0v) is 11.6. The van der Waals surface area contributed by atoms with Crippen molar-refractivity contribution in [2.75, 3.05) is 31.6 Å². The number of hydrogen-bond acceptors (Lipinski definition) is 3. The van der Waals surface area contributed by atoms with Crippen molar-refractivity contribution in [3.05, 3.63) is 29.8 Å². The summed E-state index contributed by atoms with van der Waals surface area (Å²) in [6.07, 6.45) is 0.825. The molecule has 100 valence electrons. The molecule has 1 aliphatic heterocycles. The average Bonchev–Trinajstić information content (AvgIpc) is 2.50. The molecule has 0 saturated carbocycles. The van der Waals surface area contributed by atoms with E-state index >= 15 is 0 Å². The van der Waals surface area contributed by atoms with Gasteiger partial charge in [-0.15, -0.1) is 0 Å². The van der Waals surface area contributed by atoms with E-state index in [-0.39, 0.29) is 6.10 Å². The van der Waals surface area contributed by atoms with Crippen LogP contribution in [-0.2, 0) is 0 Å². The molecule has 1 heterocycles. The fourth-order valence-electron chi connectivity index (χ4n) is 2.70. The number of aliphatic hydroxyl groups excluding tert-OH is 1.